The second-order valence-corrected chi connectivity index (χ2v) is 3.85. The van der Waals surface area contributed by atoms with Crippen LogP contribution in [0.4, 0.5) is 5.69 Å². The summed E-state index contributed by atoms with van der Waals surface area (Å²) in [5.74, 6) is 0.680. The van der Waals surface area contributed by atoms with E-state index in [4.69, 9.17) is 10.6 Å². The van der Waals surface area contributed by atoms with Gasteiger partial charge in [-0.1, -0.05) is 18.2 Å². The van der Waals surface area contributed by atoms with Gasteiger partial charge in [-0.25, -0.2) is 0 Å². The largest absolute Gasteiger partial charge is 0.399 e. The molecule has 0 heterocycles. The van der Waals surface area contributed by atoms with E-state index in [1.54, 1.807) is 0 Å². The minimum absolute atomic E-state index is 0.680. The zero-order valence-electron chi connectivity index (χ0n) is 9.94. The van der Waals surface area contributed by atoms with Crippen LogP contribution in [-0.4, -0.2) is 7.11 Å². The van der Waals surface area contributed by atoms with Crippen molar-refractivity contribution in [3.63, 3.8) is 0 Å². The van der Waals surface area contributed by atoms with Crippen molar-refractivity contribution in [2.75, 3.05) is 12.8 Å². The summed E-state index contributed by atoms with van der Waals surface area (Å²) in [4.78, 5) is 9.64. The SMILES string of the molecule is COOc1cccc(-c2ccc(N)c(C)c2)c1. The fraction of sp³-hybridized carbons (Fsp3) is 0.143. The van der Waals surface area contributed by atoms with Crippen LogP contribution >= 0.6 is 0 Å². The van der Waals surface area contributed by atoms with Gasteiger partial charge in [-0.3, -0.25) is 0 Å². The molecule has 0 atom stereocenters. The molecule has 0 saturated carbocycles. The average Bonchev–Trinajstić information content (AvgIpc) is 2.33. The van der Waals surface area contributed by atoms with Crippen molar-refractivity contribution in [1.82, 2.24) is 0 Å². The number of anilines is 1. The molecule has 3 heteroatoms. The second kappa shape index (κ2) is 4.89. The molecule has 0 radical (unpaired) electrons. The topological polar surface area (TPSA) is 44.5 Å². The Bertz CT molecular complexity index is 523. The van der Waals surface area contributed by atoms with E-state index in [1.165, 1.54) is 7.11 Å². The fourth-order valence-electron chi connectivity index (χ4n) is 1.68. The third kappa shape index (κ3) is 2.57. The van der Waals surface area contributed by atoms with Crippen LogP contribution in [0, 0.1) is 6.92 Å². The Morgan fingerprint density at radius 1 is 1.00 bits per heavy atom. The summed E-state index contributed by atoms with van der Waals surface area (Å²) < 4.78 is 0. The van der Waals surface area contributed by atoms with Crippen LogP contribution in [-0.2, 0) is 4.89 Å². The molecule has 0 aliphatic heterocycles. The lowest BCUT2D eigenvalue weighted by molar-refractivity contribution is -0.178. The van der Waals surface area contributed by atoms with E-state index < -0.39 is 0 Å². The summed E-state index contributed by atoms with van der Waals surface area (Å²) in [5.41, 5.74) is 9.85. The monoisotopic (exact) mass is 229 g/mol. The summed E-state index contributed by atoms with van der Waals surface area (Å²) in [5, 5.41) is 0. The number of hydrogen-bond acceptors (Lipinski definition) is 3. The van der Waals surface area contributed by atoms with Crippen molar-refractivity contribution >= 4 is 5.69 Å². The minimum Gasteiger partial charge on any atom is -0.399 e. The lowest BCUT2D eigenvalue weighted by Crippen LogP contribution is -1.91. The van der Waals surface area contributed by atoms with E-state index in [1.807, 2.05) is 43.3 Å². The van der Waals surface area contributed by atoms with Gasteiger partial charge < -0.3 is 10.6 Å². The standard InChI is InChI=1S/C14H15NO2/c1-10-8-12(6-7-14(10)15)11-4-3-5-13(9-11)17-16-2/h3-9H,15H2,1-2H3. The molecule has 0 saturated heterocycles. The first-order chi connectivity index (χ1) is 8.20. The van der Waals surface area contributed by atoms with E-state index in [2.05, 4.69) is 11.0 Å². The van der Waals surface area contributed by atoms with Gasteiger partial charge in [0, 0.05) is 5.69 Å². The number of hydrogen-bond donors (Lipinski definition) is 1. The van der Waals surface area contributed by atoms with Crippen LogP contribution in [0.25, 0.3) is 11.1 Å². The molecule has 2 rings (SSSR count). The molecular weight excluding hydrogens is 214 g/mol. The van der Waals surface area contributed by atoms with Crippen molar-refractivity contribution in [3.8, 4) is 16.9 Å². The highest BCUT2D eigenvalue weighted by molar-refractivity contribution is 5.68. The van der Waals surface area contributed by atoms with Gasteiger partial charge in [-0.15, -0.1) is 0 Å². The second-order valence-electron chi connectivity index (χ2n) is 3.85. The molecule has 0 fully saturated rings. The average molecular weight is 229 g/mol. The minimum atomic E-state index is 0.680. The van der Waals surface area contributed by atoms with Crippen molar-refractivity contribution in [2.45, 2.75) is 6.92 Å². The van der Waals surface area contributed by atoms with Crippen molar-refractivity contribution in [2.24, 2.45) is 0 Å². The molecule has 0 unspecified atom stereocenters. The summed E-state index contributed by atoms with van der Waals surface area (Å²) >= 11 is 0. The Hall–Kier alpha value is -2.00. The lowest BCUT2D eigenvalue weighted by atomic mass is 10.0. The zero-order chi connectivity index (χ0) is 12.3. The predicted molar refractivity (Wildman–Crippen MR) is 68.7 cm³/mol. The van der Waals surface area contributed by atoms with Gasteiger partial charge in [0.25, 0.3) is 0 Å². The molecule has 88 valence electrons. The van der Waals surface area contributed by atoms with Crippen LogP contribution in [0.2, 0.25) is 0 Å². The predicted octanol–water partition coefficient (Wildman–Crippen LogP) is 3.18. The van der Waals surface area contributed by atoms with Gasteiger partial charge in [0.2, 0.25) is 0 Å². The maximum atomic E-state index is 5.80. The van der Waals surface area contributed by atoms with E-state index in [0.717, 1.165) is 22.4 Å². The summed E-state index contributed by atoms with van der Waals surface area (Å²) in [7, 11) is 1.49. The van der Waals surface area contributed by atoms with Gasteiger partial charge in [0.05, 0.1) is 7.11 Å². The zero-order valence-corrected chi connectivity index (χ0v) is 9.94. The molecule has 0 aliphatic carbocycles. The Morgan fingerprint density at radius 2 is 1.76 bits per heavy atom. The van der Waals surface area contributed by atoms with Gasteiger partial charge in [-0.2, -0.15) is 4.89 Å². The molecule has 0 spiro atoms. The van der Waals surface area contributed by atoms with Crippen LogP contribution < -0.4 is 10.6 Å². The van der Waals surface area contributed by atoms with Gasteiger partial charge in [-0.05, 0) is 47.9 Å². The highest BCUT2D eigenvalue weighted by atomic mass is 17.2. The molecule has 2 aromatic carbocycles. The third-order valence-corrected chi connectivity index (χ3v) is 2.62. The van der Waals surface area contributed by atoms with Crippen molar-refractivity contribution in [1.29, 1.82) is 0 Å². The number of aryl methyl sites for hydroxylation is 1. The smallest absolute Gasteiger partial charge is 0.165 e. The molecule has 17 heavy (non-hydrogen) atoms. The fourth-order valence-corrected chi connectivity index (χ4v) is 1.68. The van der Waals surface area contributed by atoms with E-state index in [0.29, 0.717) is 5.75 Å². The molecule has 0 aliphatic rings. The quantitative estimate of drug-likeness (QED) is 0.499. The highest BCUT2D eigenvalue weighted by Crippen LogP contribution is 2.26. The van der Waals surface area contributed by atoms with Gasteiger partial charge in [0.15, 0.2) is 5.75 Å². The number of nitrogen functional groups attached to an aromatic ring is 1. The Balaban J connectivity index is 2.38. The first-order valence-electron chi connectivity index (χ1n) is 5.38. The van der Waals surface area contributed by atoms with Crippen molar-refractivity contribution in [3.05, 3.63) is 48.0 Å². The van der Waals surface area contributed by atoms with Crippen LogP contribution in [0.1, 0.15) is 5.56 Å². The maximum Gasteiger partial charge on any atom is 0.165 e. The van der Waals surface area contributed by atoms with Crippen molar-refractivity contribution < 1.29 is 9.78 Å². The molecule has 3 nitrogen and oxygen atoms in total. The molecular formula is C14H15NO2. The summed E-state index contributed by atoms with van der Waals surface area (Å²) in [6.45, 7) is 1.99. The Labute approximate surface area is 101 Å². The molecule has 0 aromatic heterocycles. The van der Waals surface area contributed by atoms with E-state index in [-0.39, 0.29) is 0 Å². The van der Waals surface area contributed by atoms with Crippen LogP contribution in [0.3, 0.4) is 0 Å². The van der Waals surface area contributed by atoms with Crippen LogP contribution in [0.15, 0.2) is 42.5 Å². The molecule has 2 N–H and O–H groups in total. The highest BCUT2D eigenvalue weighted by Gasteiger charge is 2.02. The number of rotatable bonds is 3. The third-order valence-electron chi connectivity index (χ3n) is 2.62. The van der Waals surface area contributed by atoms with Gasteiger partial charge in [0.1, 0.15) is 0 Å². The van der Waals surface area contributed by atoms with E-state index in [9.17, 15) is 0 Å². The number of benzene rings is 2. The lowest BCUT2D eigenvalue weighted by Gasteiger charge is -2.07. The first kappa shape index (κ1) is 11.5. The maximum absolute atomic E-state index is 5.80. The Kier molecular flexibility index (Phi) is 3.30. The Morgan fingerprint density at radius 3 is 2.47 bits per heavy atom. The molecule has 0 amide bonds. The first-order valence-corrected chi connectivity index (χ1v) is 5.38. The van der Waals surface area contributed by atoms with Gasteiger partial charge >= 0.3 is 0 Å². The summed E-state index contributed by atoms with van der Waals surface area (Å²) in [6.07, 6.45) is 0. The van der Waals surface area contributed by atoms with Crippen LogP contribution in [0.5, 0.6) is 5.75 Å². The molecule has 2 aromatic rings. The molecule has 0 bridgehead atoms. The number of nitrogens with two attached hydrogens (primary N) is 1. The summed E-state index contributed by atoms with van der Waals surface area (Å²) in [6, 6.07) is 13.7. The normalized spacial score (nSPS) is 10.2. The van der Waals surface area contributed by atoms with E-state index >= 15 is 0 Å².